The molecule has 2 unspecified atom stereocenters. The van der Waals surface area contributed by atoms with E-state index in [1.807, 2.05) is 37.3 Å². The van der Waals surface area contributed by atoms with Crippen LogP contribution in [0.15, 0.2) is 57.7 Å². The molecule has 3 rings (SSSR count). The third-order valence-electron chi connectivity index (χ3n) is 4.31. The Morgan fingerprint density at radius 1 is 1.16 bits per heavy atom. The quantitative estimate of drug-likeness (QED) is 0.665. The zero-order valence-corrected chi connectivity index (χ0v) is 14.2. The smallest absolute Gasteiger partial charge is 0.192 e. The van der Waals surface area contributed by atoms with Crippen molar-refractivity contribution in [1.82, 2.24) is 5.32 Å². The number of aliphatic hydroxyl groups excluding tert-OH is 1. The third kappa shape index (κ3) is 3.57. The van der Waals surface area contributed by atoms with Gasteiger partial charge < -0.3 is 19.9 Å². The van der Waals surface area contributed by atoms with Crippen LogP contribution >= 0.6 is 0 Å². The summed E-state index contributed by atoms with van der Waals surface area (Å²) in [6.07, 6.45) is -0.688. The molecule has 0 aliphatic carbocycles. The highest BCUT2D eigenvalue weighted by Crippen LogP contribution is 2.27. The topological polar surface area (TPSA) is 82.7 Å². The maximum absolute atomic E-state index is 12.1. The first-order valence-electron chi connectivity index (χ1n) is 8.19. The Hall–Kier alpha value is -2.63. The number of rotatable bonds is 5. The van der Waals surface area contributed by atoms with Crippen molar-refractivity contribution in [2.75, 3.05) is 0 Å². The van der Waals surface area contributed by atoms with Gasteiger partial charge in [-0.1, -0.05) is 30.3 Å². The van der Waals surface area contributed by atoms with Crippen LogP contribution in [0.3, 0.4) is 0 Å². The number of aryl methyl sites for hydroxylation is 1. The largest absolute Gasteiger partial charge is 0.507 e. The summed E-state index contributed by atoms with van der Waals surface area (Å²) in [5.74, 6) is 0.539. The van der Waals surface area contributed by atoms with Gasteiger partial charge >= 0.3 is 0 Å². The molecule has 25 heavy (non-hydrogen) atoms. The highest BCUT2D eigenvalue weighted by Gasteiger charge is 2.18. The number of aliphatic hydroxyl groups is 1. The van der Waals surface area contributed by atoms with E-state index in [4.69, 9.17) is 4.42 Å². The molecule has 0 aliphatic heterocycles. The van der Waals surface area contributed by atoms with Crippen molar-refractivity contribution in [2.24, 2.45) is 0 Å². The molecule has 0 spiro atoms. The van der Waals surface area contributed by atoms with Gasteiger partial charge in [-0.3, -0.25) is 4.79 Å². The second-order valence-corrected chi connectivity index (χ2v) is 6.19. The normalized spacial score (nSPS) is 13.7. The van der Waals surface area contributed by atoms with Crippen LogP contribution in [0, 0.1) is 6.92 Å². The molecule has 2 atom stereocenters. The van der Waals surface area contributed by atoms with E-state index in [0.29, 0.717) is 22.3 Å². The monoisotopic (exact) mass is 339 g/mol. The van der Waals surface area contributed by atoms with Crippen molar-refractivity contribution < 1.29 is 14.6 Å². The number of benzene rings is 2. The highest BCUT2D eigenvalue weighted by atomic mass is 16.3. The van der Waals surface area contributed by atoms with Crippen LogP contribution < -0.4 is 10.7 Å². The summed E-state index contributed by atoms with van der Waals surface area (Å²) in [4.78, 5) is 12.1. The van der Waals surface area contributed by atoms with E-state index in [2.05, 4.69) is 5.32 Å². The predicted molar refractivity (Wildman–Crippen MR) is 96.6 cm³/mol. The molecule has 0 amide bonds. The summed E-state index contributed by atoms with van der Waals surface area (Å²) in [6, 6.07) is 13.6. The number of hydrogen-bond donors (Lipinski definition) is 3. The zero-order valence-electron chi connectivity index (χ0n) is 14.2. The molecule has 1 aromatic heterocycles. The number of fused-ring (bicyclic) bond motifs is 1. The lowest BCUT2D eigenvalue weighted by Gasteiger charge is -2.21. The van der Waals surface area contributed by atoms with E-state index >= 15 is 0 Å². The Morgan fingerprint density at radius 3 is 2.60 bits per heavy atom. The predicted octanol–water partition coefficient (Wildman–Crippen LogP) is 3.02. The molecule has 3 N–H and O–H groups in total. The molecule has 2 aromatic carbocycles. The average molecular weight is 339 g/mol. The van der Waals surface area contributed by atoms with E-state index in [1.54, 1.807) is 13.0 Å². The van der Waals surface area contributed by atoms with Gasteiger partial charge in [-0.05, 0) is 31.5 Å². The third-order valence-corrected chi connectivity index (χ3v) is 4.31. The molecule has 0 fully saturated rings. The van der Waals surface area contributed by atoms with Crippen LogP contribution in [0.2, 0.25) is 0 Å². The Bertz CT molecular complexity index is 934. The molecule has 0 aliphatic rings. The minimum atomic E-state index is -0.688. The SMILES string of the molecule is Cc1cc(=O)c2ccc(O)c(CNC(C)C(O)c3ccccc3)c2o1. The Kier molecular flexibility index (Phi) is 4.88. The molecular formula is C20H21NO4. The maximum atomic E-state index is 12.1. The average Bonchev–Trinajstić information content (AvgIpc) is 2.60. The fourth-order valence-corrected chi connectivity index (χ4v) is 2.87. The summed E-state index contributed by atoms with van der Waals surface area (Å²) < 4.78 is 5.67. The lowest BCUT2D eigenvalue weighted by molar-refractivity contribution is 0.135. The van der Waals surface area contributed by atoms with Crippen LogP contribution in [0.25, 0.3) is 11.0 Å². The minimum Gasteiger partial charge on any atom is -0.507 e. The van der Waals surface area contributed by atoms with Gasteiger partial charge in [-0.15, -0.1) is 0 Å². The van der Waals surface area contributed by atoms with E-state index in [1.165, 1.54) is 12.1 Å². The molecule has 130 valence electrons. The Labute approximate surface area is 145 Å². The van der Waals surface area contributed by atoms with Crippen molar-refractivity contribution in [1.29, 1.82) is 0 Å². The van der Waals surface area contributed by atoms with Gasteiger partial charge in [0.15, 0.2) is 5.43 Å². The van der Waals surface area contributed by atoms with Crippen molar-refractivity contribution in [2.45, 2.75) is 32.5 Å². The summed E-state index contributed by atoms with van der Waals surface area (Å²) in [5, 5.41) is 24.3. The van der Waals surface area contributed by atoms with Crippen LogP contribution in [0.5, 0.6) is 5.75 Å². The van der Waals surface area contributed by atoms with Gasteiger partial charge in [-0.25, -0.2) is 0 Å². The Balaban J connectivity index is 1.86. The van der Waals surface area contributed by atoms with E-state index in [-0.39, 0.29) is 23.8 Å². The number of hydrogen-bond acceptors (Lipinski definition) is 5. The second-order valence-electron chi connectivity index (χ2n) is 6.19. The van der Waals surface area contributed by atoms with Crippen molar-refractivity contribution in [3.63, 3.8) is 0 Å². The van der Waals surface area contributed by atoms with Crippen LogP contribution in [0.1, 0.15) is 29.9 Å². The molecular weight excluding hydrogens is 318 g/mol. The maximum Gasteiger partial charge on any atom is 0.192 e. The fourth-order valence-electron chi connectivity index (χ4n) is 2.87. The van der Waals surface area contributed by atoms with Crippen LogP contribution in [-0.4, -0.2) is 16.3 Å². The fraction of sp³-hybridized carbons (Fsp3) is 0.250. The van der Waals surface area contributed by atoms with Crippen molar-refractivity contribution in [3.8, 4) is 5.75 Å². The summed E-state index contributed by atoms with van der Waals surface area (Å²) in [6.45, 7) is 3.83. The van der Waals surface area contributed by atoms with Gasteiger partial charge in [0.2, 0.25) is 0 Å². The molecule has 0 radical (unpaired) electrons. The molecule has 1 heterocycles. The van der Waals surface area contributed by atoms with E-state index in [0.717, 1.165) is 5.56 Å². The standard InChI is InChI=1S/C20H21NO4/c1-12-10-18(23)15-8-9-17(22)16(20(15)25-12)11-21-13(2)19(24)14-6-4-3-5-7-14/h3-10,13,19,21-22,24H,11H2,1-2H3. The van der Waals surface area contributed by atoms with Gasteiger partial charge in [0, 0.05) is 18.7 Å². The molecule has 5 nitrogen and oxygen atoms in total. The molecule has 3 aromatic rings. The highest BCUT2D eigenvalue weighted by molar-refractivity contribution is 5.82. The first kappa shape index (κ1) is 17.2. The lowest BCUT2D eigenvalue weighted by Crippen LogP contribution is -2.31. The Morgan fingerprint density at radius 2 is 1.88 bits per heavy atom. The number of phenols is 1. The van der Waals surface area contributed by atoms with Crippen molar-refractivity contribution in [3.05, 3.63) is 75.6 Å². The zero-order chi connectivity index (χ0) is 18.0. The van der Waals surface area contributed by atoms with Crippen molar-refractivity contribution >= 4 is 11.0 Å². The van der Waals surface area contributed by atoms with Crippen LogP contribution in [0.4, 0.5) is 0 Å². The molecule has 0 bridgehead atoms. The van der Waals surface area contributed by atoms with Crippen LogP contribution in [-0.2, 0) is 6.54 Å². The number of nitrogens with one attached hydrogen (secondary N) is 1. The summed E-state index contributed by atoms with van der Waals surface area (Å²) in [7, 11) is 0. The number of phenolic OH excluding ortho intramolecular Hbond substituents is 1. The molecule has 0 saturated heterocycles. The van der Waals surface area contributed by atoms with E-state index in [9.17, 15) is 15.0 Å². The van der Waals surface area contributed by atoms with E-state index < -0.39 is 6.10 Å². The van der Waals surface area contributed by atoms with Gasteiger partial charge in [0.25, 0.3) is 0 Å². The lowest BCUT2D eigenvalue weighted by atomic mass is 10.0. The van der Waals surface area contributed by atoms with Gasteiger partial charge in [-0.2, -0.15) is 0 Å². The first-order valence-corrected chi connectivity index (χ1v) is 8.19. The number of aromatic hydroxyl groups is 1. The molecule has 0 saturated carbocycles. The van der Waals surface area contributed by atoms with Gasteiger partial charge in [0.1, 0.15) is 17.1 Å². The summed E-state index contributed by atoms with van der Waals surface area (Å²) >= 11 is 0. The van der Waals surface area contributed by atoms with Gasteiger partial charge in [0.05, 0.1) is 17.1 Å². The summed E-state index contributed by atoms with van der Waals surface area (Å²) in [5.41, 5.74) is 1.55. The first-order chi connectivity index (χ1) is 12.0. The minimum absolute atomic E-state index is 0.0511. The second kappa shape index (κ2) is 7.09. The molecule has 5 heteroatoms.